The Labute approximate surface area is 120 Å². The van der Waals surface area contributed by atoms with Crippen LogP contribution in [0.1, 0.15) is 12.5 Å². The Bertz CT molecular complexity index is 695. The number of nitrogens with one attached hydrogen (secondary N) is 1. The summed E-state index contributed by atoms with van der Waals surface area (Å²) in [7, 11) is -3.57. The Morgan fingerprint density at radius 1 is 1.42 bits per heavy atom. The van der Waals surface area contributed by atoms with Crippen LogP contribution in [0.3, 0.4) is 0 Å². The summed E-state index contributed by atoms with van der Waals surface area (Å²) >= 11 is 3.35. The molecule has 0 atom stereocenters. The van der Waals surface area contributed by atoms with Gasteiger partial charge >= 0.3 is 0 Å². The van der Waals surface area contributed by atoms with E-state index in [1.165, 1.54) is 6.20 Å². The van der Waals surface area contributed by atoms with E-state index >= 15 is 0 Å². The lowest BCUT2D eigenvalue weighted by atomic mass is 10.2. The maximum atomic E-state index is 12.2. The monoisotopic (exact) mass is 343 g/mol. The average Bonchev–Trinajstić information content (AvgIpc) is 2.79. The minimum atomic E-state index is -3.57. The predicted molar refractivity (Wildman–Crippen MR) is 77.6 cm³/mol. The van der Waals surface area contributed by atoms with Gasteiger partial charge in [-0.1, -0.05) is 15.9 Å². The first-order chi connectivity index (χ1) is 8.92. The number of rotatable bonds is 4. The zero-order chi connectivity index (χ0) is 14.0. The summed E-state index contributed by atoms with van der Waals surface area (Å²) in [6.45, 7) is 4.47. The van der Waals surface area contributed by atoms with Gasteiger partial charge in [0.2, 0.25) is 0 Å². The normalized spacial score (nSPS) is 11.5. The van der Waals surface area contributed by atoms with Gasteiger partial charge in [-0.15, -0.1) is 0 Å². The smallest absolute Gasteiger partial charge is 0.262 e. The highest BCUT2D eigenvalue weighted by molar-refractivity contribution is 9.10. The van der Waals surface area contributed by atoms with E-state index in [1.54, 1.807) is 29.1 Å². The van der Waals surface area contributed by atoms with Crippen LogP contribution in [0.2, 0.25) is 0 Å². The minimum absolute atomic E-state index is 0.234. The molecule has 0 radical (unpaired) electrons. The molecule has 0 amide bonds. The fourth-order valence-corrected chi connectivity index (χ4v) is 2.95. The van der Waals surface area contributed by atoms with Gasteiger partial charge in [0.05, 0.1) is 16.8 Å². The van der Waals surface area contributed by atoms with Crippen LogP contribution in [0.15, 0.2) is 40.0 Å². The van der Waals surface area contributed by atoms with E-state index in [1.807, 2.05) is 13.8 Å². The van der Waals surface area contributed by atoms with Gasteiger partial charge in [-0.05, 0) is 37.6 Å². The molecule has 0 unspecified atom stereocenters. The van der Waals surface area contributed by atoms with E-state index in [-0.39, 0.29) is 4.90 Å². The molecule has 0 bridgehead atoms. The maximum absolute atomic E-state index is 12.2. The van der Waals surface area contributed by atoms with Gasteiger partial charge in [-0.2, -0.15) is 5.10 Å². The number of hydrogen-bond acceptors (Lipinski definition) is 3. The number of nitrogens with zero attached hydrogens (tertiary/aromatic N) is 2. The summed E-state index contributed by atoms with van der Waals surface area (Å²) in [5, 5.41) is 4.03. The maximum Gasteiger partial charge on any atom is 0.262 e. The number of halogens is 1. The van der Waals surface area contributed by atoms with Crippen LogP contribution in [-0.2, 0) is 16.6 Å². The second kappa shape index (κ2) is 5.34. The number of sulfonamides is 1. The topological polar surface area (TPSA) is 64.0 Å². The van der Waals surface area contributed by atoms with Gasteiger partial charge in [0.25, 0.3) is 10.0 Å². The lowest BCUT2D eigenvalue weighted by Crippen LogP contribution is -2.12. The first-order valence-electron chi connectivity index (χ1n) is 5.74. The van der Waals surface area contributed by atoms with Crippen molar-refractivity contribution in [3.63, 3.8) is 0 Å². The summed E-state index contributed by atoms with van der Waals surface area (Å²) in [5.41, 5.74) is 1.33. The van der Waals surface area contributed by atoms with Crippen molar-refractivity contribution >= 4 is 31.6 Å². The molecule has 0 saturated carbocycles. The third kappa shape index (κ3) is 3.16. The van der Waals surface area contributed by atoms with Crippen molar-refractivity contribution in [1.82, 2.24) is 9.78 Å². The van der Waals surface area contributed by atoms with Crippen molar-refractivity contribution < 1.29 is 8.42 Å². The molecule has 102 valence electrons. The van der Waals surface area contributed by atoms with E-state index in [0.29, 0.717) is 12.2 Å². The van der Waals surface area contributed by atoms with E-state index in [9.17, 15) is 8.42 Å². The fraction of sp³-hybridized carbons (Fsp3) is 0.250. The molecule has 0 saturated heterocycles. The molecule has 2 rings (SSSR count). The lowest BCUT2D eigenvalue weighted by Gasteiger charge is -2.07. The van der Waals surface area contributed by atoms with Crippen LogP contribution >= 0.6 is 15.9 Å². The van der Waals surface area contributed by atoms with E-state index in [4.69, 9.17) is 0 Å². The molecular formula is C12H14BrN3O2S. The number of aromatic nitrogens is 2. The number of aryl methyl sites for hydroxylation is 2. The molecule has 0 spiro atoms. The summed E-state index contributed by atoms with van der Waals surface area (Å²) in [6.07, 6.45) is 3.15. The van der Waals surface area contributed by atoms with Crippen LogP contribution in [0, 0.1) is 6.92 Å². The lowest BCUT2D eigenvalue weighted by molar-refractivity contribution is 0.601. The first kappa shape index (κ1) is 14.1. The summed E-state index contributed by atoms with van der Waals surface area (Å²) in [5.74, 6) is 0. The van der Waals surface area contributed by atoms with E-state index < -0.39 is 10.0 Å². The molecule has 1 aromatic heterocycles. The standard InChI is InChI=1S/C12H14BrN3O2S/c1-3-16-8-10(7-14-16)15-19(17,18)11-4-5-12(13)9(2)6-11/h4-8,15H,3H2,1-2H3. The Kier molecular flexibility index (Phi) is 3.96. The number of benzene rings is 1. The van der Waals surface area contributed by atoms with Crippen LogP contribution in [0.5, 0.6) is 0 Å². The molecule has 1 aromatic carbocycles. The fourth-order valence-electron chi connectivity index (χ4n) is 1.59. The van der Waals surface area contributed by atoms with Crippen molar-refractivity contribution in [2.75, 3.05) is 4.72 Å². The van der Waals surface area contributed by atoms with E-state index in [2.05, 4.69) is 25.8 Å². The zero-order valence-corrected chi connectivity index (χ0v) is 13.0. The highest BCUT2D eigenvalue weighted by Gasteiger charge is 2.15. The summed E-state index contributed by atoms with van der Waals surface area (Å²) < 4.78 is 29.4. The van der Waals surface area contributed by atoms with Gasteiger partial charge in [0.1, 0.15) is 0 Å². The molecular weight excluding hydrogens is 330 g/mol. The number of hydrogen-bond donors (Lipinski definition) is 1. The third-order valence-electron chi connectivity index (χ3n) is 2.65. The quantitative estimate of drug-likeness (QED) is 0.928. The largest absolute Gasteiger partial charge is 0.276 e. The average molecular weight is 344 g/mol. The van der Waals surface area contributed by atoms with Gasteiger partial charge < -0.3 is 0 Å². The third-order valence-corrected chi connectivity index (χ3v) is 4.92. The Morgan fingerprint density at radius 2 is 2.16 bits per heavy atom. The van der Waals surface area contributed by atoms with Gasteiger partial charge in [0, 0.05) is 17.2 Å². The molecule has 1 heterocycles. The molecule has 2 aromatic rings. The van der Waals surface area contributed by atoms with Crippen molar-refractivity contribution in [2.24, 2.45) is 0 Å². The molecule has 0 aliphatic rings. The molecule has 7 heteroatoms. The Morgan fingerprint density at radius 3 is 2.74 bits per heavy atom. The molecule has 0 aliphatic carbocycles. The molecule has 1 N–H and O–H groups in total. The minimum Gasteiger partial charge on any atom is -0.276 e. The van der Waals surface area contributed by atoms with Crippen molar-refractivity contribution in [3.8, 4) is 0 Å². The summed E-state index contributed by atoms with van der Waals surface area (Å²) in [4.78, 5) is 0.234. The predicted octanol–water partition coefficient (Wildman–Crippen LogP) is 2.77. The van der Waals surface area contributed by atoms with Crippen LogP contribution in [0.4, 0.5) is 5.69 Å². The van der Waals surface area contributed by atoms with Crippen LogP contribution in [0.25, 0.3) is 0 Å². The highest BCUT2D eigenvalue weighted by Crippen LogP contribution is 2.21. The zero-order valence-electron chi connectivity index (χ0n) is 10.6. The molecule has 0 aliphatic heterocycles. The van der Waals surface area contributed by atoms with Crippen molar-refractivity contribution in [2.45, 2.75) is 25.3 Å². The highest BCUT2D eigenvalue weighted by atomic mass is 79.9. The second-order valence-corrected chi connectivity index (χ2v) is 6.64. The van der Waals surface area contributed by atoms with Crippen molar-refractivity contribution in [3.05, 3.63) is 40.6 Å². The van der Waals surface area contributed by atoms with Crippen LogP contribution in [-0.4, -0.2) is 18.2 Å². The first-order valence-corrected chi connectivity index (χ1v) is 8.01. The Hall–Kier alpha value is -1.34. The van der Waals surface area contributed by atoms with E-state index in [0.717, 1.165) is 10.0 Å². The number of anilines is 1. The second-order valence-electron chi connectivity index (χ2n) is 4.10. The van der Waals surface area contributed by atoms with Gasteiger partial charge in [0.15, 0.2) is 0 Å². The molecule has 0 fully saturated rings. The molecule has 19 heavy (non-hydrogen) atoms. The Balaban J connectivity index is 2.29. The summed E-state index contributed by atoms with van der Waals surface area (Å²) in [6, 6.07) is 4.90. The van der Waals surface area contributed by atoms with Crippen molar-refractivity contribution in [1.29, 1.82) is 0 Å². The SMILES string of the molecule is CCn1cc(NS(=O)(=O)c2ccc(Br)c(C)c2)cn1. The van der Waals surface area contributed by atoms with Crippen LogP contribution < -0.4 is 4.72 Å². The van der Waals surface area contributed by atoms with Gasteiger partial charge in [-0.3, -0.25) is 9.40 Å². The molecule has 5 nitrogen and oxygen atoms in total. The van der Waals surface area contributed by atoms with Gasteiger partial charge in [-0.25, -0.2) is 8.42 Å².